The number of benzene rings is 2. The van der Waals surface area contributed by atoms with Crippen LogP contribution in [0.5, 0.6) is 5.75 Å². The van der Waals surface area contributed by atoms with Gasteiger partial charge in [-0.3, -0.25) is 14.4 Å². The van der Waals surface area contributed by atoms with Gasteiger partial charge in [-0.05, 0) is 42.8 Å². The number of aryl methyl sites for hydroxylation is 2. The van der Waals surface area contributed by atoms with E-state index in [-0.39, 0.29) is 46.4 Å². The zero-order valence-corrected chi connectivity index (χ0v) is 17.8. The van der Waals surface area contributed by atoms with Gasteiger partial charge in [0.05, 0.1) is 28.3 Å². The van der Waals surface area contributed by atoms with Crippen molar-refractivity contribution < 1.29 is 27.1 Å². The van der Waals surface area contributed by atoms with Crippen molar-refractivity contribution in [3.8, 4) is 17.0 Å². The van der Waals surface area contributed by atoms with E-state index in [1.165, 1.54) is 48.1 Å². The summed E-state index contributed by atoms with van der Waals surface area (Å²) in [5, 5.41) is 4.26. The molecule has 170 valence electrons. The van der Waals surface area contributed by atoms with Crippen molar-refractivity contribution in [3.05, 3.63) is 59.0 Å². The topological polar surface area (TPSA) is 73.4 Å². The molecule has 1 aromatic heterocycles. The van der Waals surface area contributed by atoms with E-state index in [0.717, 1.165) is 6.07 Å². The van der Waals surface area contributed by atoms with Crippen LogP contribution in [0.25, 0.3) is 11.3 Å². The molecule has 3 aromatic rings. The molecule has 0 aliphatic carbocycles. The molecular weight excluding hydrogens is 452 g/mol. The maximum atomic E-state index is 14.1. The van der Waals surface area contributed by atoms with E-state index < -0.39 is 17.9 Å². The number of ether oxygens (including phenoxy) is 1. The summed E-state index contributed by atoms with van der Waals surface area (Å²) in [6, 6.07) is 7.35. The Balaban J connectivity index is 2.23. The summed E-state index contributed by atoms with van der Waals surface area (Å²) in [7, 11) is 1.59. The largest absolute Gasteiger partial charge is 0.492 e. The fourth-order valence-electron chi connectivity index (χ4n) is 3.08. The number of carbonyl (C=O) groups is 1. The summed E-state index contributed by atoms with van der Waals surface area (Å²) < 4.78 is 61.5. The van der Waals surface area contributed by atoms with Crippen molar-refractivity contribution in [2.75, 3.05) is 18.1 Å². The van der Waals surface area contributed by atoms with Gasteiger partial charge in [-0.1, -0.05) is 17.7 Å². The van der Waals surface area contributed by atoms with Gasteiger partial charge in [-0.2, -0.15) is 18.3 Å². The molecule has 0 saturated carbocycles. The summed E-state index contributed by atoms with van der Waals surface area (Å²) in [4.78, 5) is 12.7. The summed E-state index contributed by atoms with van der Waals surface area (Å²) in [6.07, 6.45) is -3.84. The molecule has 2 N–H and O–H groups in total. The predicted octanol–water partition coefficient (Wildman–Crippen LogP) is 4.75. The van der Waals surface area contributed by atoms with Crippen LogP contribution < -0.4 is 15.4 Å². The highest BCUT2D eigenvalue weighted by atomic mass is 35.5. The lowest BCUT2D eigenvalue weighted by atomic mass is 10.1. The molecule has 0 unspecified atom stereocenters. The Morgan fingerprint density at radius 3 is 2.44 bits per heavy atom. The highest BCUT2D eigenvalue weighted by Gasteiger charge is 2.44. The van der Waals surface area contributed by atoms with Gasteiger partial charge in [0.1, 0.15) is 18.2 Å². The van der Waals surface area contributed by atoms with Crippen LogP contribution >= 0.6 is 11.6 Å². The van der Waals surface area contributed by atoms with Gasteiger partial charge in [0.2, 0.25) is 0 Å². The molecule has 0 fully saturated rings. The van der Waals surface area contributed by atoms with E-state index in [9.17, 15) is 22.4 Å². The molecule has 32 heavy (non-hydrogen) atoms. The van der Waals surface area contributed by atoms with Crippen LogP contribution in [-0.2, 0) is 11.8 Å². The first-order chi connectivity index (χ1) is 15.0. The fourth-order valence-corrected chi connectivity index (χ4v) is 3.35. The van der Waals surface area contributed by atoms with Crippen LogP contribution in [0.1, 0.15) is 5.56 Å². The van der Waals surface area contributed by atoms with Crippen molar-refractivity contribution in [1.82, 2.24) is 9.78 Å². The first kappa shape index (κ1) is 23.6. The average Bonchev–Trinajstić information content (AvgIpc) is 3.07. The number of hydrogen-bond donors (Lipinski definition) is 1. The number of hydrogen-bond acceptors (Lipinski definition) is 4. The Labute approximate surface area is 186 Å². The minimum Gasteiger partial charge on any atom is -0.492 e. The highest BCUT2D eigenvalue weighted by molar-refractivity contribution is 6.33. The Kier molecular flexibility index (Phi) is 6.75. The summed E-state index contributed by atoms with van der Waals surface area (Å²) in [5.74, 6) is -2.65. The van der Waals surface area contributed by atoms with Gasteiger partial charge in [0.15, 0.2) is 0 Å². The third-order valence-electron chi connectivity index (χ3n) is 4.61. The number of anilines is 2. The van der Waals surface area contributed by atoms with Crippen LogP contribution in [0.4, 0.5) is 28.9 Å². The molecular formula is C21H19ClF4N4O2. The normalized spacial score (nSPS) is 11.5. The van der Waals surface area contributed by atoms with Crippen LogP contribution in [0, 0.1) is 12.7 Å². The van der Waals surface area contributed by atoms with E-state index in [4.69, 9.17) is 22.1 Å². The lowest BCUT2D eigenvalue weighted by Crippen LogP contribution is -2.38. The Bertz CT molecular complexity index is 1130. The standard InChI is InChI=1S/C21H19ClF4N4O2/c1-12-3-4-14(10-17(12)23)30(20(31)21(24,25)26)13-5-6-18(32-8-7-27)15(9-13)19-16(22)11-28-29(19)2/h3-6,9-11H,7-8,27H2,1-2H3. The molecule has 0 bridgehead atoms. The van der Waals surface area contributed by atoms with Crippen molar-refractivity contribution in [2.24, 2.45) is 12.8 Å². The van der Waals surface area contributed by atoms with Crippen LogP contribution in [0.3, 0.4) is 0 Å². The first-order valence-corrected chi connectivity index (χ1v) is 9.74. The van der Waals surface area contributed by atoms with E-state index in [0.29, 0.717) is 10.6 Å². The van der Waals surface area contributed by atoms with Crippen LogP contribution in [0.2, 0.25) is 5.02 Å². The van der Waals surface area contributed by atoms with E-state index >= 15 is 0 Å². The second kappa shape index (κ2) is 9.17. The smallest absolute Gasteiger partial charge is 0.472 e. The first-order valence-electron chi connectivity index (χ1n) is 9.36. The minimum absolute atomic E-state index is 0.135. The lowest BCUT2D eigenvalue weighted by molar-refractivity contribution is -0.169. The molecule has 6 nitrogen and oxygen atoms in total. The number of carbonyl (C=O) groups excluding carboxylic acids is 1. The SMILES string of the molecule is Cc1ccc(N(C(=O)C(F)(F)F)c2ccc(OCCN)c(-c3c(Cl)cnn3C)c2)cc1F. The maximum absolute atomic E-state index is 14.1. The molecule has 0 radical (unpaired) electrons. The third-order valence-corrected chi connectivity index (χ3v) is 4.88. The molecule has 0 saturated heterocycles. The molecule has 0 spiro atoms. The number of rotatable bonds is 6. The molecule has 0 aliphatic heterocycles. The maximum Gasteiger partial charge on any atom is 0.472 e. The zero-order valence-electron chi connectivity index (χ0n) is 17.1. The van der Waals surface area contributed by atoms with Gasteiger partial charge in [0.25, 0.3) is 0 Å². The van der Waals surface area contributed by atoms with Gasteiger partial charge in [0, 0.05) is 19.2 Å². The second-order valence-corrected chi connectivity index (χ2v) is 7.26. The molecule has 0 atom stereocenters. The van der Waals surface area contributed by atoms with Gasteiger partial charge in [-0.15, -0.1) is 0 Å². The Hall–Kier alpha value is -3.11. The summed E-state index contributed by atoms with van der Waals surface area (Å²) in [6.45, 7) is 1.79. The molecule has 1 heterocycles. The summed E-state index contributed by atoms with van der Waals surface area (Å²) >= 11 is 6.23. The molecule has 11 heteroatoms. The third kappa shape index (κ3) is 4.71. The number of alkyl halides is 3. The molecule has 2 aromatic carbocycles. The van der Waals surface area contributed by atoms with Crippen molar-refractivity contribution in [2.45, 2.75) is 13.1 Å². The minimum atomic E-state index is -5.21. The van der Waals surface area contributed by atoms with Crippen LogP contribution in [0.15, 0.2) is 42.6 Å². The van der Waals surface area contributed by atoms with E-state index in [2.05, 4.69) is 5.10 Å². The number of aromatic nitrogens is 2. The van der Waals surface area contributed by atoms with E-state index in [1.54, 1.807) is 7.05 Å². The number of nitrogens with two attached hydrogens (primary N) is 1. The summed E-state index contributed by atoms with van der Waals surface area (Å²) in [5.41, 5.74) is 5.91. The van der Waals surface area contributed by atoms with Gasteiger partial charge < -0.3 is 10.5 Å². The van der Waals surface area contributed by atoms with E-state index in [1.807, 2.05) is 0 Å². The fraction of sp³-hybridized carbons (Fsp3) is 0.238. The molecule has 1 amide bonds. The van der Waals surface area contributed by atoms with Crippen LogP contribution in [-0.4, -0.2) is 35.0 Å². The van der Waals surface area contributed by atoms with Crippen molar-refractivity contribution in [3.63, 3.8) is 0 Å². The number of halogens is 5. The van der Waals surface area contributed by atoms with Crippen molar-refractivity contribution in [1.29, 1.82) is 0 Å². The monoisotopic (exact) mass is 470 g/mol. The number of nitrogens with zero attached hydrogens (tertiary/aromatic N) is 3. The van der Waals surface area contributed by atoms with Crippen molar-refractivity contribution >= 4 is 28.9 Å². The average molecular weight is 471 g/mol. The van der Waals surface area contributed by atoms with Gasteiger partial charge in [-0.25, -0.2) is 4.39 Å². The molecule has 0 aliphatic rings. The quantitative estimate of drug-likeness (QED) is 0.527. The number of amides is 1. The Morgan fingerprint density at radius 2 is 1.88 bits per heavy atom. The molecule has 3 rings (SSSR count). The predicted molar refractivity (Wildman–Crippen MR) is 113 cm³/mol. The lowest BCUT2D eigenvalue weighted by Gasteiger charge is -2.25. The second-order valence-electron chi connectivity index (χ2n) is 6.85. The highest BCUT2D eigenvalue weighted by Crippen LogP contribution is 2.40. The zero-order chi connectivity index (χ0) is 23.6. The Morgan fingerprint density at radius 1 is 1.22 bits per heavy atom. The van der Waals surface area contributed by atoms with Gasteiger partial charge >= 0.3 is 12.1 Å².